The van der Waals surface area contributed by atoms with Crippen LogP contribution in [0.5, 0.6) is 5.75 Å². The van der Waals surface area contributed by atoms with Gasteiger partial charge in [-0.3, -0.25) is 14.2 Å². The maximum atomic E-state index is 13.9. The van der Waals surface area contributed by atoms with Gasteiger partial charge in [-0.25, -0.2) is 4.98 Å². The zero-order valence-electron chi connectivity index (χ0n) is 21.2. The van der Waals surface area contributed by atoms with Gasteiger partial charge >= 0.3 is 0 Å². The average Bonchev–Trinajstić information content (AvgIpc) is 2.83. The van der Waals surface area contributed by atoms with Gasteiger partial charge < -0.3 is 9.64 Å². The quantitative estimate of drug-likeness (QED) is 0.317. The van der Waals surface area contributed by atoms with Crippen LogP contribution in [0.3, 0.4) is 0 Å². The Morgan fingerprint density at radius 3 is 2.54 bits per heavy atom. The summed E-state index contributed by atoms with van der Waals surface area (Å²) < 4.78 is 7.55. The first-order chi connectivity index (χ1) is 17.1. The summed E-state index contributed by atoms with van der Waals surface area (Å²) in [6.07, 6.45) is 7.33. The van der Waals surface area contributed by atoms with Crippen molar-refractivity contribution in [1.29, 1.82) is 0 Å². The molecule has 1 atom stereocenters. The average molecular weight is 476 g/mol. The molecule has 1 unspecified atom stereocenters. The zero-order valence-corrected chi connectivity index (χ0v) is 21.2. The van der Waals surface area contributed by atoms with Crippen LogP contribution in [0.1, 0.15) is 77.6 Å². The van der Waals surface area contributed by atoms with Crippen molar-refractivity contribution in [2.45, 2.75) is 71.8 Å². The highest BCUT2D eigenvalue weighted by Gasteiger charge is 2.34. The van der Waals surface area contributed by atoms with Crippen LogP contribution in [0, 0.1) is 5.92 Å². The van der Waals surface area contributed by atoms with E-state index in [1.165, 1.54) is 0 Å². The van der Waals surface area contributed by atoms with Gasteiger partial charge in [-0.05, 0) is 57.4 Å². The van der Waals surface area contributed by atoms with E-state index in [0.717, 1.165) is 44.9 Å². The van der Waals surface area contributed by atoms with Crippen LogP contribution in [0.15, 0.2) is 53.3 Å². The lowest BCUT2D eigenvalue weighted by Gasteiger charge is -2.36. The molecule has 1 aliphatic rings. The lowest BCUT2D eigenvalue weighted by Crippen LogP contribution is -2.43. The molecule has 0 N–H and O–H groups in total. The fourth-order valence-electron chi connectivity index (χ4n) is 4.82. The van der Waals surface area contributed by atoms with Gasteiger partial charge in [0.25, 0.3) is 5.56 Å². The Morgan fingerprint density at radius 2 is 1.83 bits per heavy atom. The van der Waals surface area contributed by atoms with Crippen molar-refractivity contribution in [3.63, 3.8) is 0 Å². The predicted octanol–water partition coefficient (Wildman–Crippen LogP) is 6.05. The summed E-state index contributed by atoms with van der Waals surface area (Å²) in [5, 5.41) is 0.551. The Bertz CT molecular complexity index is 1220. The minimum absolute atomic E-state index is 0.0833. The molecule has 1 heterocycles. The fraction of sp³-hybridized carbons (Fsp3) is 0.483. The normalized spacial score (nSPS) is 14.5. The van der Waals surface area contributed by atoms with Crippen molar-refractivity contribution in [1.82, 2.24) is 14.5 Å². The van der Waals surface area contributed by atoms with Crippen LogP contribution in [-0.4, -0.2) is 33.5 Å². The third-order valence-electron chi connectivity index (χ3n) is 7.04. The number of fused-ring (bicyclic) bond motifs is 1. The largest absolute Gasteiger partial charge is 0.492 e. The van der Waals surface area contributed by atoms with Crippen LogP contribution >= 0.6 is 0 Å². The number of nitrogens with zero attached hydrogens (tertiary/aromatic N) is 3. The maximum absolute atomic E-state index is 13.9. The SMILES string of the molecule is CCCCCCN(C(=O)C1CCC1)C(C)c1nc2ccccc2c(=O)n1-c1ccccc1OCC. The standard InChI is InChI=1S/C29H37N3O3/c1-4-6-7-12-20-31(28(33)22-14-13-15-22)21(3)27-30-24-17-9-8-16-23(24)29(34)32(27)25-18-10-11-19-26(25)35-5-2/h8-11,16-19,21-22H,4-7,12-15,20H2,1-3H3. The van der Waals surface area contributed by atoms with Crippen molar-refractivity contribution >= 4 is 16.8 Å². The second-order valence-electron chi connectivity index (χ2n) is 9.42. The molecule has 0 saturated heterocycles. The Balaban J connectivity index is 1.85. The van der Waals surface area contributed by atoms with Gasteiger partial charge in [-0.1, -0.05) is 56.9 Å². The number of carbonyl (C=O) groups excluding carboxylic acids is 1. The van der Waals surface area contributed by atoms with Gasteiger partial charge in [-0.2, -0.15) is 0 Å². The van der Waals surface area contributed by atoms with E-state index in [9.17, 15) is 9.59 Å². The van der Waals surface area contributed by atoms with Gasteiger partial charge in [0.05, 0.1) is 29.2 Å². The number of hydrogen-bond acceptors (Lipinski definition) is 4. The summed E-state index contributed by atoms with van der Waals surface area (Å²) in [4.78, 5) is 34.4. The fourth-order valence-corrected chi connectivity index (χ4v) is 4.82. The van der Waals surface area contributed by atoms with Crippen LogP contribution in [0.2, 0.25) is 0 Å². The lowest BCUT2D eigenvalue weighted by molar-refractivity contribution is -0.140. The molecule has 3 aromatic rings. The van der Waals surface area contributed by atoms with E-state index in [4.69, 9.17) is 9.72 Å². The van der Waals surface area contributed by atoms with Crippen molar-refractivity contribution in [2.24, 2.45) is 5.92 Å². The summed E-state index contributed by atoms with van der Waals surface area (Å²) in [6.45, 7) is 7.28. The molecule has 0 aliphatic heterocycles. The van der Waals surface area contributed by atoms with E-state index in [1.807, 2.05) is 61.2 Å². The van der Waals surface area contributed by atoms with E-state index >= 15 is 0 Å². The highest BCUT2D eigenvalue weighted by atomic mass is 16.5. The molecule has 1 aliphatic carbocycles. The molecule has 1 fully saturated rings. The molecular formula is C29H37N3O3. The Kier molecular flexibility index (Phi) is 8.21. The molecule has 2 aromatic carbocycles. The number of carbonyl (C=O) groups is 1. The third-order valence-corrected chi connectivity index (χ3v) is 7.04. The Labute approximate surface area is 207 Å². The number of para-hydroxylation sites is 3. The molecule has 35 heavy (non-hydrogen) atoms. The summed E-state index contributed by atoms with van der Waals surface area (Å²) in [7, 11) is 0. The van der Waals surface area contributed by atoms with Gasteiger partial charge in [0.15, 0.2) is 0 Å². The van der Waals surface area contributed by atoms with E-state index in [1.54, 1.807) is 10.6 Å². The molecule has 0 bridgehead atoms. The van der Waals surface area contributed by atoms with E-state index in [-0.39, 0.29) is 23.4 Å². The van der Waals surface area contributed by atoms with Crippen molar-refractivity contribution in [2.75, 3.05) is 13.2 Å². The molecular weight excluding hydrogens is 438 g/mol. The smallest absolute Gasteiger partial charge is 0.266 e. The van der Waals surface area contributed by atoms with E-state index < -0.39 is 0 Å². The summed E-state index contributed by atoms with van der Waals surface area (Å²) in [5.74, 6) is 1.47. The topological polar surface area (TPSA) is 64.4 Å². The minimum Gasteiger partial charge on any atom is -0.492 e. The highest BCUT2D eigenvalue weighted by Crippen LogP contribution is 2.33. The molecule has 6 heteroatoms. The number of benzene rings is 2. The third kappa shape index (κ3) is 5.26. The summed E-state index contributed by atoms with van der Waals surface area (Å²) in [6, 6.07) is 14.6. The predicted molar refractivity (Wildman–Crippen MR) is 140 cm³/mol. The number of aromatic nitrogens is 2. The molecule has 0 radical (unpaired) electrons. The number of rotatable bonds is 11. The monoisotopic (exact) mass is 475 g/mol. The number of hydrogen-bond donors (Lipinski definition) is 0. The molecule has 4 rings (SSSR count). The van der Waals surface area contributed by atoms with Crippen molar-refractivity contribution in [3.05, 3.63) is 64.7 Å². The highest BCUT2D eigenvalue weighted by molar-refractivity contribution is 5.81. The van der Waals surface area contributed by atoms with Crippen LogP contribution < -0.4 is 10.3 Å². The Morgan fingerprint density at radius 1 is 1.09 bits per heavy atom. The van der Waals surface area contributed by atoms with E-state index in [2.05, 4.69) is 6.92 Å². The Hall–Kier alpha value is -3.15. The van der Waals surface area contributed by atoms with Crippen molar-refractivity contribution < 1.29 is 9.53 Å². The van der Waals surface area contributed by atoms with Crippen molar-refractivity contribution in [3.8, 4) is 11.4 Å². The molecule has 186 valence electrons. The van der Waals surface area contributed by atoms with Crippen LogP contribution in [0.25, 0.3) is 16.6 Å². The number of unbranched alkanes of at least 4 members (excludes halogenated alkanes) is 3. The number of ether oxygens (including phenoxy) is 1. The van der Waals surface area contributed by atoms with Gasteiger partial charge in [0.2, 0.25) is 5.91 Å². The minimum atomic E-state index is -0.350. The maximum Gasteiger partial charge on any atom is 0.266 e. The van der Waals surface area contributed by atoms with Gasteiger partial charge in [0.1, 0.15) is 11.6 Å². The lowest BCUT2D eigenvalue weighted by atomic mass is 9.84. The molecule has 1 amide bonds. The first-order valence-electron chi connectivity index (χ1n) is 13.1. The molecule has 1 saturated carbocycles. The second kappa shape index (κ2) is 11.5. The molecule has 0 spiro atoms. The first-order valence-corrected chi connectivity index (χ1v) is 13.1. The second-order valence-corrected chi connectivity index (χ2v) is 9.42. The van der Waals surface area contributed by atoms with Crippen LogP contribution in [0.4, 0.5) is 0 Å². The molecule has 1 aromatic heterocycles. The summed E-state index contributed by atoms with van der Waals surface area (Å²) >= 11 is 0. The van der Waals surface area contributed by atoms with Gasteiger partial charge in [-0.15, -0.1) is 0 Å². The first kappa shape index (κ1) is 25.0. The number of amides is 1. The summed E-state index contributed by atoms with van der Waals surface area (Å²) in [5.41, 5.74) is 1.15. The van der Waals surface area contributed by atoms with Gasteiger partial charge in [0, 0.05) is 12.5 Å². The zero-order chi connectivity index (χ0) is 24.8. The van der Waals surface area contributed by atoms with Crippen LogP contribution in [-0.2, 0) is 4.79 Å². The molecule has 6 nitrogen and oxygen atoms in total. The van der Waals surface area contributed by atoms with E-state index in [0.29, 0.717) is 41.3 Å².